The Morgan fingerprint density at radius 1 is 1.04 bits per heavy atom. The summed E-state index contributed by atoms with van der Waals surface area (Å²) < 4.78 is 0. The summed E-state index contributed by atoms with van der Waals surface area (Å²) in [7, 11) is 0. The van der Waals surface area contributed by atoms with Crippen LogP contribution < -0.4 is 5.32 Å². The first-order chi connectivity index (χ1) is 11.3. The van der Waals surface area contributed by atoms with Crippen LogP contribution in [0.3, 0.4) is 0 Å². The molecule has 132 valence electrons. The van der Waals surface area contributed by atoms with Crippen molar-refractivity contribution in [2.24, 2.45) is 5.92 Å². The Morgan fingerprint density at radius 3 is 2.70 bits per heavy atom. The largest absolute Gasteiger partial charge is 0.352 e. The van der Waals surface area contributed by atoms with Gasteiger partial charge >= 0.3 is 0 Å². The molecule has 23 heavy (non-hydrogen) atoms. The van der Waals surface area contributed by atoms with Gasteiger partial charge in [-0.1, -0.05) is 19.3 Å². The zero-order chi connectivity index (χ0) is 15.9. The Balaban J connectivity index is 1.34. The zero-order valence-corrected chi connectivity index (χ0v) is 14.5. The number of nitrogens with zero attached hydrogens (tertiary/aromatic N) is 2. The minimum Gasteiger partial charge on any atom is -0.352 e. The van der Waals surface area contributed by atoms with Crippen LogP contribution in [0, 0.1) is 5.92 Å². The SMILES string of the molecule is O=C(CCN1CCCO1)NC1CCCN(CC2CCCCC2)C1. The lowest BCUT2D eigenvalue weighted by Crippen LogP contribution is -2.49. The van der Waals surface area contributed by atoms with Crippen LogP contribution in [0.15, 0.2) is 0 Å². The second-order valence-electron chi connectivity index (χ2n) is 7.54. The second kappa shape index (κ2) is 9.00. The quantitative estimate of drug-likeness (QED) is 0.814. The Labute approximate surface area is 140 Å². The smallest absolute Gasteiger partial charge is 0.221 e. The summed E-state index contributed by atoms with van der Waals surface area (Å²) in [6.07, 6.45) is 11.1. The average molecular weight is 323 g/mol. The third-order valence-corrected chi connectivity index (χ3v) is 5.53. The standard InChI is InChI=1S/C18H33N3O2/c22-18(9-12-21-11-5-13-23-21)19-17-8-4-10-20(15-17)14-16-6-2-1-3-7-16/h16-17H,1-15H2,(H,19,22). The van der Waals surface area contributed by atoms with Crippen molar-refractivity contribution in [3.63, 3.8) is 0 Å². The third-order valence-electron chi connectivity index (χ3n) is 5.53. The van der Waals surface area contributed by atoms with Crippen LogP contribution in [0.4, 0.5) is 0 Å². The lowest BCUT2D eigenvalue weighted by molar-refractivity contribution is -0.131. The molecule has 5 nitrogen and oxygen atoms in total. The molecule has 5 heteroatoms. The fourth-order valence-corrected chi connectivity index (χ4v) is 4.28. The molecule has 1 atom stereocenters. The average Bonchev–Trinajstić information content (AvgIpc) is 3.08. The molecule has 1 N–H and O–H groups in total. The number of carbonyl (C=O) groups excluding carboxylic acids is 1. The molecule has 0 aromatic carbocycles. The van der Waals surface area contributed by atoms with Crippen LogP contribution in [-0.4, -0.2) is 61.2 Å². The van der Waals surface area contributed by atoms with Crippen molar-refractivity contribution in [1.29, 1.82) is 0 Å². The number of hydrogen-bond donors (Lipinski definition) is 1. The van der Waals surface area contributed by atoms with Gasteiger partial charge in [0, 0.05) is 38.6 Å². The monoisotopic (exact) mass is 323 g/mol. The van der Waals surface area contributed by atoms with Crippen molar-refractivity contribution in [2.45, 2.75) is 63.8 Å². The van der Waals surface area contributed by atoms with Crippen molar-refractivity contribution >= 4 is 5.91 Å². The van der Waals surface area contributed by atoms with Gasteiger partial charge in [-0.25, -0.2) is 0 Å². The van der Waals surface area contributed by atoms with E-state index < -0.39 is 0 Å². The maximum absolute atomic E-state index is 12.2. The van der Waals surface area contributed by atoms with E-state index >= 15 is 0 Å². The highest BCUT2D eigenvalue weighted by atomic mass is 16.7. The van der Waals surface area contributed by atoms with Crippen molar-refractivity contribution in [1.82, 2.24) is 15.3 Å². The Hall–Kier alpha value is -0.650. The van der Waals surface area contributed by atoms with Crippen LogP contribution in [0.25, 0.3) is 0 Å². The van der Waals surface area contributed by atoms with E-state index in [0.29, 0.717) is 12.5 Å². The zero-order valence-electron chi connectivity index (χ0n) is 14.5. The highest BCUT2D eigenvalue weighted by molar-refractivity contribution is 5.76. The fourth-order valence-electron chi connectivity index (χ4n) is 4.28. The summed E-state index contributed by atoms with van der Waals surface area (Å²) in [6.45, 7) is 6.00. The van der Waals surface area contributed by atoms with E-state index in [9.17, 15) is 4.79 Å². The van der Waals surface area contributed by atoms with E-state index in [4.69, 9.17) is 4.84 Å². The first kappa shape index (κ1) is 17.2. The molecule has 0 radical (unpaired) electrons. The number of hydrogen-bond acceptors (Lipinski definition) is 4. The van der Waals surface area contributed by atoms with Crippen LogP contribution in [0.2, 0.25) is 0 Å². The molecule has 3 fully saturated rings. The van der Waals surface area contributed by atoms with Crippen LogP contribution in [0.1, 0.15) is 57.8 Å². The molecule has 2 heterocycles. The van der Waals surface area contributed by atoms with E-state index in [1.54, 1.807) is 0 Å². The normalized spacial score (nSPS) is 28.1. The van der Waals surface area contributed by atoms with Gasteiger partial charge in [-0.05, 0) is 44.6 Å². The third kappa shape index (κ3) is 5.73. The molecule has 2 saturated heterocycles. The van der Waals surface area contributed by atoms with E-state index in [1.807, 2.05) is 5.06 Å². The molecule has 3 rings (SSSR count). The van der Waals surface area contributed by atoms with E-state index in [2.05, 4.69) is 10.2 Å². The molecule has 3 aliphatic rings. The summed E-state index contributed by atoms with van der Waals surface area (Å²) in [6, 6.07) is 0.347. The van der Waals surface area contributed by atoms with Gasteiger partial charge in [-0.3, -0.25) is 9.63 Å². The highest BCUT2D eigenvalue weighted by Crippen LogP contribution is 2.25. The predicted octanol–water partition coefficient (Wildman–Crippen LogP) is 2.17. The summed E-state index contributed by atoms with van der Waals surface area (Å²) in [5, 5.41) is 5.17. The van der Waals surface area contributed by atoms with Crippen molar-refractivity contribution in [3.05, 3.63) is 0 Å². The molecule has 1 amide bonds. The molecular weight excluding hydrogens is 290 g/mol. The summed E-state index contributed by atoms with van der Waals surface area (Å²) >= 11 is 0. The van der Waals surface area contributed by atoms with E-state index in [-0.39, 0.29) is 5.91 Å². The maximum Gasteiger partial charge on any atom is 0.221 e. The molecule has 0 bridgehead atoms. The van der Waals surface area contributed by atoms with Gasteiger partial charge in [0.05, 0.1) is 6.61 Å². The predicted molar refractivity (Wildman–Crippen MR) is 90.9 cm³/mol. The molecule has 0 aromatic heterocycles. The summed E-state index contributed by atoms with van der Waals surface area (Å²) in [4.78, 5) is 20.2. The van der Waals surface area contributed by atoms with Gasteiger partial charge < -0.3 is 10.2 Å². The van der Waals surface area contributed by atoms with Gasteiger partial charge in [0.1, 0.15) is 0 Å². The minimum absolute atomic E-state index is 0.185. The number of rotatable bonds is 6. The molecule has 1 aliphatic carbocycles. The minimum atomic E-state index is 0.185. The Kier molecular flexibility index (Phi) is 6.72. The Bertz CT molecular complexity index is 365. The molecule has 0 spiro atoms. The first-order valence-electron chi connectivity index (χ1n) is 9.69. The summed E-state index contributed by atoms with van der Waals surface area (Å²) in [5.41, 5.74) is 0. The molecule has 1 unspecified atom stereocenters. The first-order valence-corrected chi connectivity index (χ1v) is 9.69. The number of piperidine rings is 1. The molecule has 1 saturated carbocycles. The van der Waals surface area contributed by atoms with Crippen molar-refractivity contribution < 1.29 is 9.63 Å². The molecule has 2 aliphatic heterocycles. The van der Waals surface area contributed by atoms with Crippen LogP contribution >= 0.6 is 0 Å². The highest BCUT2D eigenvalue weighted by Gasteiger charge is 2.24. The van der Waals surface area contributed by atoms with Gasteiger partial charge in [-0.2, -0.15) is 5.06 Å². The van der Waals surface area contributed by atoms with E-state index in [1.165, 1.54) is 51.6 Å². The summed E-state index contributed by atoms with van der Waals surface area (Å²) in [5.74, 6) is 1.08. The topological polar surface area (TPSA) is 44.8 Å². The van der Waals surface area contributed by atoms with Crippen LogP contribution in [0.5, 0.6) is 0 Å². The number of nitrogens with one attached hydrogen (secondary N) is 1. The number of hydroxylamine groups is 2. The van der Waals surface area contributed by atoms with Gasteiger partial charge in [0.15, 0.2) is 0 Å². The van der Waals surface area contributed by atoms with Crippen LogP contribution in [-0.2, 0) is 9.63 Å². The fraction of sp³-hybridized carbons (Fsp3) is 0.944. The lowest BCUT2D eigenvalue weighted by Gasteiger charge is -2.36. The Morgan fingerprint density at radius 2 is 1.91 bits per heavy atom. The number of likely N-dealkylation sites (tertiary alicyclic amines) is 1. The van der Waals surface area contributed by atoms with Gasteiger partial charge in [-0.15, -0.1) is 0 Å². The van der Waals surface area contributed by atoms with E-state index in [0.717, 1.165) is 45.0 Å². The lowest BCUT2D eigenvalue weighted by atomic mass is 9.88. The maximum atomic E-state index is 12.2. The molecular formula is C18H33N3O2. The molecule has 0 aromatic rings. The second-order valence-corrected chi connectivity index (χ2v) is 7.54. The number of amides is 1. The van der Waals surface area contributed by atoms with Crippen molar-refractivity contribution in [3.8, 4) is 0 Å². The van der Waals surface area contributed by atoms with Gasteiger partial charge in [0.2, 0.25) is 5.91 Å². The number of carbonyl (C=O) groups is 1. The van der Waals surface area contributed by atoms with Crippen molar-refractivity contribution in [2.75, 3.05) is 39.3 Å². The van der Waals surface area contributed by atoms with Gasteiger partial charge in [0.25, 0.3) is 0 Å².